The summed E-state index contributed by atoms with van der Waals surface area (Å²) < 4.78 is 0. The summed E-state index contributed by atoms with van der Waals surface area (Å²) in [6, 6.07) is 58.8. The van der Waals surface area contributed by atoms with E-state index in [-0.39, 0.29) is 49.0 Å². The van der Waals surface area contributed by atoms with Gasteiger partial charge in [0.25, 0.3) is 17.7 Å². The Morgan fingerprint density at radius 2 is 0.635 bits per heavy atom. The van der Waals surface area contributed by atoms with Gasteiger partial charge in [0.1, 0.15) is 0 Å². The highest BCUT2D eigenvalue weighted by molar-refractivity contribution is 5.99. The minimum atomic E-state index is -1.07. The van der Waals surface area contributed by atoms with Gasteiger partial charge in [-0.2, -0.15) is 0 Å². The highest BCUT2D eigenvalue weighted by atomic mass is 16.4. The summed E-state index contributed by atoms with van der Waals surface area (Å²) in [6.45, 7) is 6.21. The molecule has 3 atom stereocenters. The fourth-order valence-corrected chi connectivity index (χ4v) is 8.10. The Labute approximate surface area is 369 Å². The topological polar surface area (TPSA) is 98.2 Å². The molecule has 8 nitrogen and oxygen atoms in total. The van der Waals surface area contributed by atoms with Crippen LogP contribution in [0, 0.1) is 0 Å². The Balaban J connectivity index is 1.28. The molecule has 7 aromatic carbocycles. The van der Waals surface area contributed by atoms with E-state index in [1.165, 1.54) is 0 Å². The Bertz CT molecular complexity index is 2650. The van der Waals surface area contributed by atoms with Crippen molar-refractivity contribution in [1.29, 1.82) is 0 Å². The SMILES string of the molecule is C[C@@H](c1ccccc1)N(Cc1ccccc1C(=O)N(Cc1ccccc1C(=O)N(Cc1ccccc1C(=O)O)[C@@H](C)c1ccccc1)[C@@H](C)c1ccccc1)C(=O)c1ccccc1. The molecule has 0 saturated carbocycles. The quantitative estimate of drug-likeness (QED) is 0.105. The zero-order chi connectivity index (χ0) is 44.3. The van der Waals surface area contributed by atoms with E-state index in [2.05, 4.69) is 0 Å². The van der Waals surface area contributed by atoms with E-state index >= 15 is 9.59 Å². The molecular formula is C55H51N3O5. The van der Waals surface area contributed by atoms with Crippen molar-refractivity contribution < 1.29 is 24.3 Å². The summed E-state index contributed by atoms with van der Waals surface area (Å²) in [5, 5.41) is 10.1. The molecule has 63 heavy (non-hydrogen) atoms. The van der Waals surface area contributed by atoms with Gasteiger partial charge in [0.2, 0.25) is 0 Å². The van der Waals surface area contributed by atoms with Gasteiger partial charge >= 0.3 is 5.97 Å². The first kappa shape index (κ1) is 43.5. The predicted octanol–water partition coefficient (Wildman–Crippen LogP) is 11.6. The summed E-state index contributed by atoms with van der Waals surface area (Å²) in [7, 11) is 0. The number of carbonyl (C=O) groups excluding carboxylic acids is 3. The second-order valence-corrected chi connectivity index (χ2v) is 15.7. The Kier molecular flexibility index (Phi) is 14.0. The van der Waals surface area contributed by atoms with Gasteiger partial charge in [-0.05, 0) is 84.5 Å². The third-order valence-electron chi connectivity index (χ3n) is 11.8. The van der Waals surface area contributed by atoms with Crippen LogP contribution in [-0.2, 0) is 19.6 Å². The van der Waals surface area contributed by atoms with E-state index in [0.717, 1.165) is 16.7 Å². The van der Waals surface area contributed by atoms with Gasteiger partial charge in [0.05, 0.1) is 23.7 Å². The first-order valence-corrected chi connectivity index (χ1v) is 21.2. The molecule has 0 aliphatic rings. The molecule has 7 rings (SSSR count). The molecule has 0 saturated heterocycles. The standard InChI is InChI=1S/C55H51N3O5/c1-39(42-22-8-4-9-23-42)56(52(59)45-28-14-7-15-29-45)36-46-30-16-19-33-49(46)53(60)57(40(2)43-24-10-5-11-25-43)37-47-31-17-20-34-50(47)54(61)58(41(3)44-26-12-6-13-27-44)38-48-32-18-21-35-51(48)55(62)63/h4-35,39-41H,36-38H2,1-3H3,(H,62,63)/t39-,40-,41-/m0/s1. The zero-order valence-corrected chi connectivity index (χ0v) is 35.8. The lowest BCUT2D eigenvalue weighted by Crippen LogP contribution is -2.37. The van der Waals surface area contributed by atoms with E-state index in [1.54, 1.807) is 63.2 Å². The summed E-state index contributed by atoms with van der Waals surface area (Å²) in [6.07, 6.45) is 0. The molecule has 0 unspecified atom stereocenters. The number of amides is 3. The van der Waals surface area contributed by atoms with E-state index < -0.39 is 18.1 Å². The molecule has 7 aromatic rings. The zero-order valence-electron chi connectivity index (χ0n) is 35.8. The number of nitrogens with zero attached hydrogens (tertiary/aromatic N) is 3. The van der Waals surface area contributed by atoms with Crippen LogP contribution >= 0.6 is 0 Å². The van der Waals surface area contributed by atoms with Crippen LogP contribution in [0.25, 0.3) is 0 Å². The maximum Gasteiger partial charge on any atom is 0.336 e. The van der Waals surface area contributed by atoms with Crippen molar-refractivity contribution in [3.63, 3.8) is 0 Å². The van der Waals surface area contributed by atoms with Crippen LogP contribution in [0.1, 0.15) is 114 Å². The van der Waals surface area contributed by atoms with Gasteiger partial charge in [-0.1, -0.05) is 164 Å². The lowest BCUT2D eigenvalue weighted by Gasteiger charge is -2.34. The molecule has 0 heterocycles. The number of carboxylic acid groups (broad SMARTS) is 1. The van der Waals surface area contributed by atoms with E-state index in [0.29, 0.717) is 33.4 Å². The number of benzene rings is 7. The maximum atomic E-state index is 15.4. The molecule has 1 N–H and O–H groups in total. The van der Waals surface area contributed by atoms with Crippen LogP contribution in [0.15, 0.2) is 194 Å². The molecule has 316 valence electrons. The Hall–Kier alpha value is -7.58. The van der Waals surface area contributed by atoms with Crippen LogP contribution in [0.2, 0.25) is 0 Å². The highest BCUT2D eigenvalue weighted by Gasteiger charge is 2.31. The van der Waals surface area contributed by atoms with E-state index in [4.69, 9.17) is 0 Å². The second kappa shape index (κ2) is 20.3. The van der Waals surface area contributed by atoms with Crippen molar-refractivity contribution in [3.8, 4) is 0 Å². The van der Waals surface area contributed by atoms with E-state index in [1.807, 2.05) is 166 Å². The largest absolute Gasteiger partial charge is 0.478 e. The van der Waals surface area contributed by atoms with Gasteiger partial charge < -0.3 is 19.8 Å². The van der Waals surface area contributed by atoms with Crippen LogP contribution in [-0.4, -0.2) is 43.5 Å². The molecule has 0 aliphatic heterocycles. The van der Waals surface area contributed by atoms with Crippen LogP contribution < -0.4 is 0 Å². The smallest absolute Gasteiger partial charge is 0.336 e. The van der Waals surface area contributed by atoms with Gasteiger partial charge in [0, 0.05) is 36.3 Å². The molecule has 0 aliphatic carbocycles. The number of hydrogen-bond donors (Lipinski definition) is 1. The fourth-order valence-electron chi connectivity index (χ4n) is 8.10. The van der Waals surface area contributed by atoms with Crippen molar-refractivity contribution in [2.45, 2.75) is 58.5 Å². The second-order valence-electron chi connectivity index (χ2n) is 15.7. The molecule has 0 fully saturated rings. The molecule has 0 bridgehead atoms. The monoisotopic (exact) mass is 833 g/mol. The van der Waals surface area contributed by atoms with Gasteiger partial charge in [-0.15, -0.1) is 0 Å². The lowest BCUT2D eigenvalue weighted by atomic mass is 9.98. The average Bonchev–Trinajstić information content (AvgIpc) is 3.34. The molecular weight excluding hydrogens is 783 g/mol. The van der Waals surface area contributed by atoms with E-state index in [9.17, 15) is 14.7 Å². The van der Waals surface area contributed by atoms with Crippen molar-refractivity contribution in [2.24, 2.45) is 0 Å². The van der Waals surface area contributed by atoms with Crippen molar-refractivity contribution in [2.75, 3.05) is 0 Å². The number of carboxylic acids is 1. The molecule has 0 spiro atoms. The predicted molar refractivity (Wildman–Crippen MR) is 247 cm³/mol. The first-order chi connectivity index (χ1) is 30.6. The lowest BCUT2D eigenvalue weighted by molar-refractivity contribution is 0.0632. The van der Waals surface area contributed by atoms with Crippen molar-refractivity contribution in [1.82, 2.24) is 14.7 Å². The summed E-state index contributed by atoms with van der Waals surface area (Å²) >= 11 is 0. The molecule has 3 amide bonds. The van der Waals surface area contributed by atoms with Gasteiger partial charge in [-0.25, -0.2) is 4.79 Å². The normalized spacial score (nSPS) is 12.4. The van der Waals surface area contributed by atoms with Crippen LogP contribution in [0.4, 0.5) is 0 Å². The minimum absolute atomic E-state index is 0.0434. The average molecular weight is 834 g/mol. The first-order valence-electron chi connectivity index (χ1n) is 21.2. The summed E-state index contributed by atoms with van der Waals surface area (Å²) in [5.74, 6) is -1.78. The van der Waals surface area contributed by atoms with Crippen LogP contribution in [0.3, 0.4) is 0 Å². The highest BCUT2D eigenvalue weighted by Crippen LogP contribution is 2.32. The number of aromatic carboxylic acids is 1. The number of carbonyl (C=O) groups is 4. The Morgan fingerprint density at radius 3 is 0.984 bits per heavy atom. The third-order valence-corrected chi connectivity index (χ3v) is 11.8. The van der Waals surface area contributed by atoms with Gasteiger partial charge in [-0.3, -0.25) is 14.4 Å². The minimum Gasteiger partial charge on any atom is -0.478 e. The molecule has 0 radical (unpaired) electrons. The number of hydrogen-bond acceptors (Lipinski definition) is 4. The third kappa shape index (κ3) is 10.1. The maximum absolute atomic E-state index is 15.4. The molecule has 0 aromatic heterocycles. The van der Waals surface area contributed by atoms with Crippen molar-refractivity contribution >= 4 is 23.7 Å². The fraction of sp³-hybridized carbons (Fsp3) is 0.164. The van der Waals surface area contributed by atoms with Gasteiger partial charge in [0.15, 0.2) is 0 Å². The van der Waals surface area contributed by atoms with Crippen LogP contribution in [0.5, 0.6) is 0 Å². The summed E-state index contributed by atoms with van der Waals surface area (Å²) in [4.78, 5) is 62.4. The number of rotatable bonds is 16. The van der Waals surface area contributed by atoms with Crippen molar-refractivity contribution in [3.05, 3.63) is 250 Å². The molecule has 8 heteroatoms. The summed E-state index contributed by atoms with van der Waals surface area (Å²) in [5.41, 5.74) is 6.11. The Morgan fingerprint density at radius 1 is 0.365 bits per heavy atom.